The van der Waals surface area contributed by atoms with E-state index in [4.69, 9.17) is 4.74 Å². The number of carbonyl (C=O) groups excluding carboxylic acids is 1. The fourth-order valence-electron chi connectivity index (χ4n) is 2.44. The van der Waals surface area contributed by atoms with E-state index < -0.39 is 0 Å². The highest BCUT2D eigenvalue weighted by Crippen LogP contribution is 2.22. The summed E-state index contributed by atoms with van der Waals surface area (Å²) in [6, 6.07) is 5.26. The Labute approximate surface area is 145 Å². The number of carbonyl (C=O) groups is 1. The summed E-state index contributed by atoms with van der Waals surface area (Å²) in [7, 11) is 3.65. The van der Waals surface area contributed by atoms with Crippen LogP contribution in [0.2, 0.25) is 0 Å². The smallest absolute Gasteiger partial charge is 0.262 e. The molecule has 0 saturated carbocycles. The summed E-state index contributed by atoms with van der Waals surface area (Å²) >= 11 is 0. The quantitative estimate of drug-likeness (QED) is 0.769. The number of hydrogen-bond donors (Lipinski definition) is 1. The zero-order chi connectivity index (χ0) is 18.0. The van der Waals surface area contributed by atoms with Gasteiger partial charge in [0.05, 0.1) is 6.61 Å². The van der Waals surface area contributed by atoms with Crippen LogP contribution in [-0.2, 0) is 14.1 Å². The Balaban J connectivity index is 1.87. The summed E-state index contributed by atoms with van der Waals surface area (Å²) < 4.78 is 8.95. The number of aromatic nitrogens is 5. The van der Waals surface area contributed by atoms with E-state index in [0.717, 1.165) is 11.5 Å². The molecule has 0 unspecified atom stereocenters. The van der Waals surface area contributed by atoms with Gasteiger partial charge in [0.1, 0.15) is 17.1 Å². The molecule has 8 heteroatoms. The number of aryl methyl sites for hydroxylation is 3. The third-order valence-electron chi connectivity index (χ3n) is 3.70. The van der Waals surface area contributed by atoms with Gasteiger partial charge in [0.2, 0.25) is 5.88 Å². The third kappa shape index (κ3) is 3.37. The fourth-order valence-corrected chi connectivity index (χ4v) is 2.44. The van der Waals surface area contributed by atoms with Crippen molar-refractivity contribution in [3.8, 4) is 17.4 Å². The van der Waals surface area contributed by atoms with E-state index in [1.54, 1.807) is 36.1 Å². The van der Waals surface area contributed by atoms with Crippen LogP contribution in [0, 0.1) is 6.92 Å². The Morgan fingerprint density at radius 3 is 2.80 bits per heavy atom. The molecule has 0 aliphatic carbocycles. The van der Waals surface area contributed by atoms with E-state index in [2.05, 4.69) is 20.4 Å². The topological polar surface area (TPSA) is 86.9 Å². The average molecular weight is 340 g/mol. The molecule has 0 radical (unpaired) electrons. The molecule has 0 aliphatic rings. The second-order valence-corrected chi connectivity index (χ2v) is 5.59. The molecule has 1 N–H and O–H groups in total. The van der Waals surface area contributed by atoms with Crippen LogP contribution in [0.1, 0.15) is 23.0 Å². The van der Waals surface area contributed by atoms with Crippen molar-refractivity contribution in [1.29, 1.82) is 0 Å². The summed E-state index contributed by atoms with van der Waals surface area (Å²) in [6.45, 7) is 4.14. The predicted octanol–water partition coefficient (Wildman–Crippen LogP) is 2.18. The minimum absolute atomic E-state index is 0.301. The van der Waals surface area contributed by atoms with Gasteiger partial charge in [0, 0.05) is 38.2 Å². The van der Waals surface area contributed by atoms with Gasteiger partial charge >= 0.3 is 0 Å². The summed E-state index contributed by atoms with van der Waals surface area (Å²) in [5, 5.41) is 7.26. The molecular weight excluding hydrogens is 320 g/mol. The maximum atomic E-state index is 12.6. The van der Waals surface area contributed by atoms with Crippen molar-refractivity contribution in [3.05, 3.63) is 41.9 Å². The van der Waals surface area contributed by atoms with Crippen LogP contribution in [0.4, 0.5) is 5.82 Å². The number of anilines is 1. The first-order chi connectivity index (χ1) is 12.0. The molecule has 0 aliphatic heterocycles. The minimum atomic E-state index is -0.301. The Morgan fingerprint density at radius 1 is 1.32 bits per heavy atom. The highest BCUT2D eigenvalue weighted by molar-refractivity contribution is 6.05. The molecule has 8 nitrogen and oxygen atoms in total. The molecule has 1 amide bonds. The van der Waals surface area contributed by atoms with Gasteiger partial charge in [0.25, 0.3) is 5.91 Å². The second kappa shape index (κ2) is 6.76. The van der Waals surface area contributed by atoms with Gasteiger partial charge < -0.3 is 14.6 Å². The summed E-state index contributed by atoms with van der Waals surface area (Å²) in [5.74, 6) is 1.31. The van der Waals surface area contributed by atoms with Crippen molar-refractivity contribution in [3.63, 3.8) is 0 Å². The molecule has 0 atom stereocenters. The van der Waals surface area contributed by atoms with E-state index in [1.807, 2.05) is 31.7 Å². The molecule has 3 aromatic rings. The zero-order valence-electron chi connectivity index (χ0n) is 14.6. The number of rotatable bonds is 5. The standard InChI is InChI=1S/C17H20N6O2/c1-5-25-17-12(7-6-11(2)19-17)16(24)20-14-10-13(21-23(14)4)15-18-8-9-22(15)3/h6-10H,5H2,1-4H3,(H,20,24). The van der Waals surface area contributed by atoms with Gasteiger partial charge in [-0.15, -0.1) is 0 Å². The van der Waals surface area contributed by atoms with E-state index in [-0.39, 0.29) is 5.91 Å². The lowest BCUT2D eigenvalue weighted by Gasteiger charge is -2.10. The van der Waals surface area contributed by atoms with Crippen molar-refractivity contribution < 1.29 is 9.53 Å². The number of pyridine rings is 1. The maximum absolute atomic E-state index is 12.6. The van der Waals surface area contributed by atoms with Gasteiger partial charge in [-0.2, -0.15) is 5.10 Å². The lowest BCUT2D eigenvalue weighted by Crippen LogP contribution is -2.16. The van der Waals surface area contributed by atoms with Crippen LogP contribution in [-0.4, -0.2) is 36.8 Å². The highest BCUT2D eigenvalue weighted by atomic mass is 16.5. The van der Waals surface area contributed by atoms with Crippen LogP contribution < -0.4 is 10.1 Å². The van der Waals surface area contributed by atoms with Crippen molar-refractivity contribution in [1.82, 2.24) is 24.3 Å². The number of amides is 1. The van der Waals surface area contributed by atoms with E-state index in [0.29, 0.717) is 29.6 Å². The molecule has 3 rings (SSSR count). The molecular formula is C17H20N6O2. The Hall–Kier alpha value is -3.16. The first-order valence-corrected chi connectivity index (χ1v) is 7.93. The van der Waals surface area contributed by atoms with Crippen LogP contribution in [0.15, 0.2) is 30.6 Å². The number of nitrogens with zero attached hydrogens (tertiary/aromatic N) is 5. The molecule has 0 bridgehead atoms. The maximum Gasteiger partial charge on any atom is 0.262 e. The van der Waals surface area contributed by atoms with Crippen LogP contribution in [0.3, 0.4) is 0 Å². The fraction of sp³-hybridized carbons (Fsp3) is 0.294. The molecule has 0 fully saturated rings. The van der Waals surface area contributed by atoms with Gasteiger partial charge in [-0.25, -0.2) is 9.97 Å². The van der Waals surface area contributed by atoms with Crippen molar-refractivity contribution in [2.24, 2.45) is 14.1 Å². The largest absolute Gasteiger partial charge is 0.477 e. The SMILES string of the molecule is CCOc1nc(C)ccc1C(=O)Nc1cc(-c2nccn2C)nn1C. The van der Waals surface area contributed by atoms with Gasteiger partial charge in [-0.3, -0.25) is 9.48 Å². The highest BCUT2D eigenvalue weighted by Gasteiger charge is 2.17. The minimum Gasteiger partial charge on any atom is -0.477 e. The summed E-state index contributed by atoms with van der Waals surface area (Å²) in [4.78, 5) is 21.2. The molecule has 3 aromatic heterocycles. The first kappa shape index (κ1) is 16.7. The molecule has 0 saturated heterocycles. The molecule has 130 valence electrons. The summed E-state index contributed by atoms with van der Waals surface area (Å²) in [6.07, 6.45) is 3.54. The Bertz CT molecular complexity index is 912. The monoisotopic (exact) mass is 340 g/mol. The van der Waals surface area contributed by atoms with Gasteiger partial charge in [-0.1, -0.05) is 0 Å². The predicted molar refractivity (Wildman–Crippen MR) is 93.5 cm³/mol. The van der Waals surface area contributed by atoms with E-state index in [9.17, 15) is 4.79 Å². The van der Waals surface area contributed by atoms with Crippen molar-refractivity contribution >= 4 is 11.7 Å². The van der Waals surface area contributed by atoms with Crippen LogP contribution in [0.5, 0.6) is 5.88 Å². The third-order valence-corrected chi connectivity index (χ3v) is 3.70. The number of ether oxygens (including phenoxy) is 1. The van der Waals surface area contributed by atoms with Gasteiger partial charge in [0.15, 0.2) is 5.82 Å². The van der Waals surface area contributed by atoms with Crippen molar-refractivity contribution in [2.75, 3.05) is 11.9 Å². The second-order valence-electron chi connectivity index (χ2n) is 5.59. The van der Waals surface area contributed by atoms with Gasteiger partial charge in [-0.05, 0) is 26.0 Å². The Morgan fingerprint density at radius 2 is 2.12 bits per heavy atom. The average Bonchev–Trinajstić information content (AvgIpc) is 3.14. The molecule has 0 spiro atoms. The number of hydrogen-bond acceptors (Lipinski definition) is 5. The van der Waals surface area contributed by atoms with E-state index in [1.165, 1.54) is 0 Å². The Kier molecular flexibility index (Phi) is 4.51. The molecule has 0 aromatic carbocycles. The number of nitrogens with one attached hydrogen (secondary N) is 1. The molecule has 3 heterocycles. The van der Waals surface area contributed by atoms with Crippen LogP contribution >= 0.6 is 0 Å². The lowest BCUT2D eigenvalue weighted by molar-refractivity contribution is 0.102. The normalized spacial score (nSPS) is 10.7. The zero-order valence-corrected chi connectivity index (χ0v) is 14.6. The number of imidazole rings is 1. The first-order valence-electron chi connectivity index (χ1n) is 7.93. The molecule has 25 heavy (non-hydrogen) atoms. The van der Waals surface area contributed by atoms with Crippen LogP contribution in [0.25, 0.3) is 11.5 Å². The van der Waals surface area contributed by atoms with E-state index >= 15 is 0 Å². The lowest BCUT2D eigenvalue weighted by atomic mass is 10.2. The van der Waals surface area contributed by atoms with Crippen molar-refractivity contribution in [2.45, 2.75) is 13.8 Å². The summed E-state index contributed by atoms with van der Waals surface area (Å²) in [5.41, 5.74) is 1.85.